The van der Waals surface area contributed by atoms with Crippen molar-refractivity contribution < 1.29 is 15.0 Å². The number of hydrogen-bond acceptors (Lipinski definition) is 2. The van der Waals surface area contributed by atoms with Crippen LogP contribution in [0.4, 0.5) is 0 Å². The van der Waals surface area contributed by atoms with E-state index < -0.39 is 11.4 Å². The molecule has 3 nitrogen and oxygen atoms in total. The van der Waals surface area contributed by atoms with Gasteiger partial charge in [0.15, 0.2) is 0 Å². The topological polar surface area (TPSA) is 57.5 Å². The minimum absolute atomic E-state index is 0.187. The van der Waals surface area contributed by atoms with Crippen molar-refractivity contribution >= 4 is 5.97 Å². The molecule has 3 heteroatoms. The highest BCUT2D eigenvalue weighted by molar-refractivity contribution is 5.83. The quantitative estimate of drug-likeness (QED) is 0.854. The van der Waals surface area contributed by atoms with Crippen molar-refractivity contribution in [2.75, 3.05) is 0 Å². The Balaban J connectivity index is 2.68. The zero-order chi connectivity index (χ0) is 15.8. The first kappa shape index (κ1) is 15.9. The molecule has 21 heavy (non-hydrogen) atoms. The Morgan fingerprint density at radius 1 is 1.14 bits per heavy atom. The van der Waals surface area contributed by atoms with E-state index in [1.54, 1.807) is 0 Å². The first-order valence-electron chi connectivity index (χ1n) is 7.77. The number of phenolic OH excluding ortho intramolecular Hbond substituents is 1. The molecule has 0 amide bonds. The number of carbonyl (C=O) groups is 1. The van der Waals surface area contributed by atoms with Crippen LogP contribution in [0.5, 0.6) is 5.75 Å². The predicted octanol–water partition coefficient (Wildman–Crippen LogP) is 4.28. The normalized spacial score (nSPS) is 18.5. The molecule has 0 bridgehead atoms. The Bertz CT molecular complexity index is 546. The van der Waals surface area contributed by atoms with Gasteiger partial charge in [0.2, 0.25) is 0 Å². The summed E-state index contributed by atoms with van der Waals surface area (Å²) in [5.41, 5.74) is 1.22. The largest absolute Gasteiger partial charge is 0.507 e. The van der Waals surface area contributed by atoms with Crippen LogP contribution < -0.4 is 0 Å². The molecule has 0 radical (unpaired) electrons. The van der Waals surface area contributed by atoms with Gasteiger partial charge in [-0.2, -0.15) is 0 Å². The fourth-order valence-corrected chi connectivity index (χ4v) is 3.63. The molecule has 1 aromatic rings. The number of phenols is 1. The summed E-state index contributed by atoms with van der Waals surface area (Å²) in [6.45, 7) is 8.02. The van der Waals surface area contributed by atoms with Crippen molar-refractivity contribution in [1.82, 2.24) is 0 Å². The van der Waals surface area contributed by atoms with Gasteiger partial charge in [-0.15, -0.1) is 0 Å². The van der Waals surface area contributed by atoms with Crippen molar-refractivity contribution in [3.8, 4) is 5.75 Å². The average Bonchev–Trinajstić information content (AvgIpc) is 2.38. The van der Waals surface area contributed by atoms with Crippen LogP contribution in [-0.4, -0.2) is 16.2 Å². The van der Waals surface area contributed by atoms with Gasteiger partial charge < -0.3 is 10.2 Å². The second-order valence-electron chi connectivity index (χ2n) is 7.35. The number of hydrogen-bond donors (Lipinski definition) is 2. The lowest BCUT2D eigenvalue weighted by Crippen LogP contribution is -2.39. The molecule has 0 saturated heterocycles. The van der Waals surface area contributed by atoms with Crippen LogP contribution in [0.2, 0.25) is 0 Å². The molecule has 0 aromatic heterocycles. The molecular formula is C18H26O3. The number of carboxylic acids is 1. The number of aryl methyl sites for hydroxylation is 1. The maximum absolute atomic E-state index is 12.0. The van der Waals surface area contributed by atoms with Crippen LogP contribution in [0.25, 0.3) is 0 Å². The Kier molecular flexibility index (Phi) is 4.05. The van der Waals surface area contributed by atoms with Crippen molar-refractivity contribution in [3.05, 3.63) is 28.8 Å². The van der Waals surface area contributed by atoms with Gasteiger partial charge in [0.25, 0.3) is 0 Å². The van der Waals surface area contributed by atoms with E-state index in [1.165, 1.54) is 0 Å². The molecule has 0 unspecified atom stereocenters. The number of benzene rings is 1. The van der Waals surface area contributed by atoms with Gasteiger partial charge in [0.1, 0.15) is 5.75 Å². The van der Waals surface area contributed by atoms with Crippen molar-refractivity contribution in [2.45, 2.75) is 70.6 Å². The zero-order valence-corrected chi connectivity index (χ0v) is 13.5. The SMILES string of the molecule is Cc1ccc(C(C)(C)C)c(O)c1C1(C(=O)O)CCCCC1. The van der Waals surface area contributed by atoms with Gasteiger partial charge in [-0.25, -0.2) is 0 Å². The summed E-state index contributed by atoms with van der Waals surface area (Å²) in [7, 11) is 0. The zero-order valence-electron chi connectivity index (χ0n) is 13.5. The van der Waals surface area contributed by atoms with E-state index in [2.05, 4.69) is 0 Å². The summed E-state index contributed by atoms with van der Waals surface area (Å²) >= 11 is 0. The highest BCUT2D eigenvalue weighted by atomic mass is 16.4. The molecule has 0 atom stereocenters. The molecule has 0 aliphatic heterocycles. The van der Waals surface area contributed by atoms with Crippen molar-refractivity contribution in [2.24, 2.45) is 0 Å². The smallest absolute Gasteiger partial charge is 0.314 e. The molecular weight excluding hydrogens is 264 g/mol. The molecule has 0 heterocycles. The summed E-state index contributed by atoms with van der Waals surface area (Å²) in [5, 5.41) is 20.7. The predicted molar refractivity (Wildman–Crippen MR) is 83.9 cm³/mol. The van der Waals surface area contributed by atoms with Crippen molar-refractivity contribution in [1.29, 1.82) is 0 Å². The van der Waals surface area contributed by atoms with Gasteiger partial charge in [0, 0.05) is 5.56 Å². The molecule has 116 valence electrons. The summed E-state index contributed by atoms with van der Waals surface area (Å²) in [6.07, 6.45) is 4.12. The van der Waals surface area contributed by atoms with Crippen LogP contribution in [0, 0.1) is 6.92 Å². The van der Waals surface area contributed by atoms with Crippen LogP contribution in [0.3, 0.4) is 0 Å². The Morgan fingerprint density at radius 2 is 1.71 bits per heavy atom. The lowest BCUT2D eigenvalue weighted by Gasteiger charge is -2.36. The molecule has 1 aromatic carbocycles. The summed E-state index contributed by atoms with van der Waals surface area (Å²) < 4.78 is 0. The molecule has 1 aliphatic rings. The molecule has 1 aliphatic carbocycles. The average molecular weight is 290 g/mol. The fraction of sp³-hybridized carbons (Fsp3) is 0.611. The highest BCUT2D eigenvalue weighted by Crippen LogP contribution is 2.47. The standard InChI is InChI=1S/C18H26O3/c1-12-8-9-13(17(2,3)4)15(19)14(12)18(16(20)21)10-6-5-7-11-18/h8-9,19H,5-7,10-11H2,1-4H3,(H,20,21). The first-order chi connectivity index (χ1) is 9.70. The lowest BCUT2D eigenvalue weighted by molar-refractivity contribution is -0.145. The van der Waals surface area contributed by atoms with E-state index in [0.717, 1.165) is 30.4 Å². The number of aliphatic carboxylic acids is 1. The van der Waals surface area contributed by atoms with Gasteiger partial charge in [-0.1, -0.05) is 52.2 Å². The first-order valence-corrected chi connectivity index (χ1v) is 7.77. The van der Waals surface area contributed by atoms with E-state index >= 15 is 0 Å². The molecule has 1 fully saturated rings. The third-order valence-corrected chi connectivity index (χ3v) is 4.79. The lowest BCUT2D eigenvalue weighted by atomic mass is 9.66. The van der Waals surface area contributed by atoms with E-state index in [4.69, 9.17) is 0 Å². The maximum Gasteiger partial charge on any atom is 0.314 e. The highest BCUT2D eigenvalue weighted by Gasteiger charge is 2.44. The minimum atomic E-state index is -0.923. The summed E-state index contributed by atoms with van der Waals surface area (Å²) in [5.74, 6) is -0.613. The van der Waals surface area contributed by atoms with Gasteiger partial charge in [0.05, 0.1) is 5.41 Å². The van der Waals surface area contributed by atoms with Crippen LogP contribution in [0.1, 0.15) is 69.6 Å². The second-order valence-corrected chi connectivity index (χ2v) is 7.35. The minimum Gasteiger partial charge on any atom is -0.507 e. The third-order valence-electron chi connectivity index (χ3n) is 4.79. The van der Waals surface area contributed by atoms with Crippen LogP contribution in [0.15, 0.2) is 12.1 Å². The van der Waals surface area contributed by atoms with Gasteiger partial charge in [-0.3, -0.25) is 4.79 Å². The molecule has 0 spiro atoms. The molecule has 2 N–H and O–H groups in total. The Hall–Kier alpha value is -1.51. The number of aromatic hydroxyl groups is 1. The molecule has 2 rings (SSSR count). The van der Waals surface area contributed by atoms with Crippen LogP contribution in [-0.2, 0) is 15.6 Å². The van der Waals surface area contributed by atoms with Crippen molar-refractivity contribution in [3.63, 3.8) is 0 Å². The Morgan fingerprint density at radius 3 is 2.19 bits per heavy atom. The molecule has 1 saturated carbocycles. The summed E-state index contributed by atoms with van der Waals surface area (Å²) in [6, 6.07) is 3.88. The Labute approximate surface area is 127 Å². The van der Waals surface area contributed by atoms with E-state index in [0.29, 0.717) is 18.4 Å². The van der Waals surface area contributed by atoms with E-state index in [9.17, 15) is 15.0 Å². The van der Waals surface area contributed by atoms with Gasteiger partial charge >= 0.3 is 5.97 Å². The van der Waals surface area contributed by atoms with E-state index in [1.807, 2.05) is 39.8 Å². The monoisotopic (exact) mass is 290 g/mol. The number of rotatable bonds is 2. The van der Waals surface area contributed by atoms with E-state index in [-0.39, 0.29) is 11.2 Å². The third kappa shape index (κ3) is 2.66. The van der Waals surface area contributed by atoms with Crippen LogP contribution >= 0.6 is 0 Å². The fourth-order valence-electron chi connectivity index (χ4n) is 3.63. The summed E-state index contributed by atoms with van der Waals surface area (Å²) in [4.78, 5) is 12.0. The maximum atomic E-state index is 12.0. The number of carboxylic acid groups (broad SMARTS) is 1. The second kappa shape index (κ2) is 5.36. The van der Waals surface area contributed by atoms with Gasteiger partial charge in [-0.05, 0) is 36.3 Å².